The van der Waals surface area contributed by atoms with Crippen molar-refractivity contribution in [2.75, 3.05) is 0 Å². The zero-order chi connectivity index (χ0) is 33.3. The van der Waals surface area contributed by atoms with Gasteiger partial charge in [0.1, 0.15) is 0 Å². The van der Waals surface area contributed by atoms with E-state index in [1.807, 2.05) is 128 Å². The molecule has 2 aliphatic rings. The molecule has 0 saturated heterocycles. The highest BCUT2D eigenvalue weighted by atomic mass is 16.3. The Morgan fingerprint density at radius 2 is 0.977 bits per heavy atom. The van der Waals surface area contributed by atoms with Crippen molar-refractivity contribution in [2.24, 2.45) is 21.7 Å². The van der Waals surface area contributed by atoms with Gasteiger partial charge in [-0.1, -0.05) is 137 Å². The maximum atomic E-state index is 12.9. The van der Waals surface area contributed by atoms with E-state index in [2.05, 4.69) is 13.8 Å². The summed E-state index contributed by atoms with van der Waals surface area (Å²) in [6.07, 6.45) is 28.8. The summed E-state index contributed by atoms with van der Waals surface area (Å²) in [7, 11) is 0. The molecule has 2 rings (SSSR count). The lowest BCUT2D eigenvalue weighted by Crippen LogP contribution is -2.41. The molecule has 44 heavy (non-hydrogen) atoms. The Labute approximate surface area is 267 Å². The van der Waals surface area contributed by atoms with Gasteiger partial charge in [-0.3, -0.25) is 9.59 Å². The molecule has 2 N–H and O–H groups in total. The fraction of sp³-hybridized carbons (Fsp3) is 0.500. The minimum absolute atomic E-state index is 0.0742. The van der Waals surface area contributed by atoms with Crippen LogP contribution in [0.15, 0.2) is 107 Å². The summed E-state index contributed by atoms with van der Waals surface area (Å²) in [5.41, 5.74) is 2.44. The number of hydrogen-bond donors (Lipinski definition) is 2. The zero-order valence-electron chi connectivity index (χ0n) is 28.8. The first-order valence-corrected chi connectivity index (χ1v) is 15.9. The van der Waals surface area contributed by atoms with E-state index in [-0.39, 0.29) is 17.0 Å². The number of aliphatic hydroxyl groups is 2. The Hall–Kier alpha value is -3.08. The third-order valence-electron chi connectivity index (χ3n) is 10.4. The van der Waals surface area contributed by atoms with Crippen molar-refractivity contribution in [1.29, 1.82) is 0 Å². The van der Waals surface area contributed by atoms with Gasteiger partial charge < -0.3 is 10.2 Å². The van der Waals surface area contributed by atoms with Crippen molar-refractivity contribution in [3.05, 3.63) is 107 Å². The van der Waals surface area contributed by atoms with E-state index in [1.165, 1.54) is 0 Å². The van der Waals surface area contributed by atoms with Crippen LogP contribution in [0.2, 0.25) is 0 Å². The molecule has 4 nitrogen and oxygen atoms in total. The molecule has 2 fully saturated rings. The van der Waals surface area contributed by atoms with Crippen LogP contribution in [0.25, 0.3) is 0 Å². The summed E-state index contributed by atoms with van der Waals surface area (Å²) in [5.74, 6) is 0.148. The van der Waals surface area contributed by atoms with Gasteiger partial charge in [-0.15, -0.1) is 0 Å². The molecular formula is C40H56O4. The van der Waals surface area contributed by atoms with Crippen LogP contribution < -0.4 is 0 Å². The molecule has 0 aromatic rings. The van der Waals surface area contributed by atoms with Crippen molar-refractivity contribution < 1.29 is 19.8 Å². The Kier molecular flexibility index (Phi) is 12.9. The number of allylic oxidation sites excluding steroid dienone is 18. The van der Waals surface area contributed by atoms with Gasteiger partial charge in [0, 0.05) is 16.2 Å². The fourth-order valence-corrected chi connectivity index (χ4v) is 6.11. The monoisotopic (exact) mass is 600 g/mol. The van der Waals surface area contributed by atoms with Crippen molar-refractivity contribution in [2.45, 2.75) is 107 Å². The first kappa shape index (κ1) is 37.1. The van der Waals surface area contributed by atoms with E-state index in [9.17, 15) is 19.8 Å². The predicted molar refractivity (Wildman–Crippen MR) is 185 cm³/mol. The molecule has 0 aromatic heterocycles. The normalized spacial score (nSPS) is 30.3. The lowest BCUT2D eigenvalue weighted by molar-refractivity contribution is -0.130. The van der Waals surface area contributed by atoms with Crippen LogP contribution in [0.1, 0.15) is 94.9 Å². The molecule has 0 aliphatic heterocycles. The molecule has 0 amide bonds. The van der Waals surface area contributed by atoms with Crippen molar-refractivity contribution in [3.8, 4) is 0 Å². The fourth-order valence-electron chi connectivity index (χ4n) is 6.11. The summed E-state index contributed by atoms with van der Waals surface area (Å²) < 4.78 is 0. The van der Waals surface area contributed by atoms with Gasteiger partial charge in [0.05, 0.1) is 12.2 Å². The van der Waals surface area contributed by atoms with Crippen LogP contribution in [-0.2, 0) is 9.59 Å². The van der Waals surface area contributed by atoms with Gasteiger partial charge in [0.2, 0.25) is 0 Å². The van der Waals surface area contributed by atoms with Crippen molar-refractivity contribution in [3.63, 3.8) is 0 Å². The quantitative estimate of drug-likeness (QED) is 0.173. The first-order valence-electron chi connectivity index (χ1n) is 15.9. The highest BCUT2D eigenvalue weighted by Crippen LogP contribution is 2.54. The second-order valence-corrected chi connectivity index (χ2v) is 14.5. The minimum Gasteiger partial charge on any atom is -0.393 e. The second-order valence-electron chi connectivity index (χ2n) is 14.5. The summed E-state index contributed by atoms with van der Waals surface area (Å²) in [6.45, 7) is 20.1. The number of aliphatic hydroxyl groups excluding tert-OH is 2. The zero-order valence-corrected chi connectivity index (χ0v) is 28.8. The van der Waals surface area contributed by atoms with Crippen LogP contribution >= 0.6 is 0 Å². The minimum atomic E-state index is -0.542. The number of carbonyl (C=O) groups excluding carboxylic acids is 2. The highest BCUT2D eigenvalue weighted by molar-refractivity contribution is 5.96. The molecule has 240 valence electrons. The number of ketones is 2. The lowest BCUT2D eigenvalue weighted by Gasteiger charge is -2.38. The van der Waals surface area contributed by atoms with Crippen LogP contribution in [-0.4, -0.2) is 34.0 Å². The van der Waals surface area contributed by atoms with E-state index >= 15 is 0 Å². The van der Waals surface area contributed by atoms with Crippen molar-refractivity contribution in [1.82, 2.24) is 0 Å². The van der Waals surface area contributed by atoms with E-state index in [0.717, 1.165) is 22.3 Å². The Morgan fingerprint density at radius 3 is 1.36 bits per heavy atom. The third kappa shape index (κ3) is 9.22. The maximum Gasteiger partial charge on any atom is 0.162 e. The number of hydrogen-bond acceptors (Lipinski definition) is 4. The molecule has 2 saturated carbocycles. The van der Waals surface area contributed by atoms with Gasteiger partial charge in [-0.05, 0) is 70.9 Å². The molecule has 0 heterocycles. The average Bonchev–Trinajstić information content (AvgIpc) is 3.29. The first-order chi connectivity index (χ1) is 20.4. The SMILES string of the molecule is CC(/C=C/C=C(C)/C=C/C(=O)[C@]1(C)C[C@@H](O)CC1(C)C)=C\C=C\C=C(C)\C=C\C=C(C)\C=C\C(=O)[C@]1(C)CC[C@H](O)C1(C)C. The Morgan fingerprint density at radius 1 is 0.568 bits per heavy atom. The maximum absolute atomic E-state index is 12.9. The number of rotatable bonds is 12. The van der Waals surface area contributed by atoms with Crippen molar-refractivity contribution >= 4 is 11.6 Å². The average molecular weight is 601 g/mol. The van der Waals surface area contributed by atoms with Crippen LogP contribution in [0.5, 0.6) is 0 Å². The van der Waals surface area contributed by atoms with Crippen LogP contribution in [0.3, 0.4) is 0 Å². The smallest absolute Gasteiger partial charge is 0.162 e. The van der Waals surface area contributed by atoms with Gasteiger partial charge in [-0.2, -0.15) is 0 Å². The molecule has 0 unspecified atom stereocenters. The molecule has 2 aliphatic carbocycles. The van der Waals surface area contributed by atoms with Crippen LogP contribution in [0.4, 0.5) is 0 Å². The standard InChI is InChI=1S/C40H56O4/c1-29(17-13-19-31(3)21-23-35(43)39(9)26-25-34(42)38(39,7)8)15-11-12-16-30(2)18-14-20-32(4)22-24-36(44)40(10)28-33(41)27-37(40,5)6/h11-24,33-34,41-42H,25-28H2,1-10H3/b12-11+,17-13+,18-14+,23-21+,24-22+,29-15+,30-16+,31-19+,32-20+/t33-,34-,39-,40-/m0/s1. The van der Waals surface area contributed by atoms with Crippen LogP contribution in [0, 0.1) is 21.7 Å². The molecule has 0 spiro atoms. The molecule has 0 aromatic carbocycles. The predicted octanol–water partition coefficient (Wildman–Crippen LogP) is 9.07. The van der Waals surface area contributed by atoms with Gasteiger partial charge >= 0.3 is 0 Å². The topological polar surface area (TPSA) is 74.6 Å². The summed E-state index contributed by atoms with van der Waals surface area (Å²) in [4.78, 5) is 25.9. The third-order valence-corrected chi connectivity index (χ3v) is 10.4. The van der Waals surface area contributed by atoms with Gasteiger partial charge in [0.15, 0.2) is 11.6 Å². The summed E-state index contributed by atoms with van der Waals surface area (Å²) >= 11 is 0. The Bertz CT molecular complexity index is 1270. The largest absolute Gasteiger partial charge is 0.393 e. The molecule has 4 heteroatoms. The highest BCUT2D eigenvalue weighted by Gasteiger charge is 2.54. The lowest BCUT2D eigenvalue weighted by atomic mass is 9.66. The Balaban J connectivity index is 1.87. The van der Waals surface area contributed by atoms with Gasteiger partial charge in [0.25, 0.3) is 0 Å². The van der Waals surface area contributed by atoms with Gasteiger partial charge in [-0.25, -0.2) is 0 Å². The summed E-state index contributed by atoms with van der Waals surface area (Å²) in [6, 6.07) is 0. The molecule has 0 radical (unpaired) electrons. The molecule has 0 bridgehead atoms. The molecular weight excluding hydrogens is 544 g/mol. The van der Waals surface area contributed by atoms with E-state index in [1.54, 1.807) is 12.2 Å². The molecule has 4 atom stereocenters. The summed E-state index contributed by atoms with van der Waals surface area (Å²) in [5, 5.41) is 20.4. The van der Waals surface area contributed by atoms with E-state index in [4.69, 9.17) is 0 Å². The van der Waals surface area contributed by atoms with E-state index in [0.29, 0.717) is 25.7 Å². The van der Waals surface area contributed by atoms with E-state index < -0.39 is 28.5 Å². The second kappa shape index (κ2) is 15.3. The number of carbonyl (C=O) groups is 2.